The number of nitrogens with zero attached hydrogens (tertiary/aromatic N) is 4. The lowest BCUT2D eigenvalue weighted by atomic mass is 9.96. The van der Waals surface area contributed by atoms with E-state index in [1.807, 2.05) is 4.90 Å². The zero-order valence-corrected chi connectivity index (χ0v) is 15.3. The zero-order chi connectivity index (χ0) is 17.6. The van der Waals surface area contributed by atoms with E-state index in [2.05, 4.69) is 34.6 Å². The highest BCUT2D eigenvalue weighted by Gasteiger charge is 2.30. The van der Waals surface area contributed by atoms with Crippen LogP contribution in [0.5, 0.6) is 0 Å². The Hall–Kier alpha value is -2.11. The zero-order valence-electron chi connectivity index (χ0n) is 15.3. The van der Waals surface area contributed by atoms with Crippen molar-refractivity contribution in [2.24, 2.45) is 5.92 Å². The Balaban J connectivity index is 1.52. The topological polar surface area (TPSA) is 64.2 Å². The van der Waals surface area contributed by atoms with E-state index in [-0.39, 0.29) is 11.8 Å². The Morgan fingerprint density at radius 1 is 1.28 bits per heavy atom. The summed E-state index contributed by atoms with van der Waals surface area (Å²) >= 11 is 0. The maximum absolute atomic E-state index is 13.1. The van der Waals surface area contributed by atoms with Crippen molar-refractivity contribution >= 4 is 5.91 Å². The number of likely N-dealkylation sites (tertiary alicyclic amines) is 1. The summed E-state index contributed by atoms with van der Waals surface area (Å²) in [4.78, 5) is 19.4. The molecule has 4 rings (SSSR count). The van der Waals surface area contributed by atoms with Gasteiger partial charge in [-0.05, 0) is 51.5 Å². The molecule has 1 unspecified atom stereocenters. The predicted molar refractivity (Wildman–Crippen MR) is 93.5 cm³/mol. The number of carbonyl (C=O) groups is 1. The van der Waals surface area contributed by atoms with Crippen molar-refractivity contribution in [3.63, 3.8) is 0 Å². The first-order chi connectivity index (χ1) is 12.0. The maximum atomic E-state index is 13.1. The standard InChI is InChI=1S/C19H26N4O2/c1-12-9-17(13(2)23(12)10-15-6-7-15)19(24)22-8-4-5-16(11-22)18-20-14(3)25-21-18/h9,15-16H,4-8,10-11H2,1-3H3. The normalized spacial score (nSPS) is 20.9. The number of aryl methyl sites for hydroxylation is 2. The molecule has 2 aromatic heterocycles. The van der Waals surface area contributed by atoms with Crippen molar-refractivity contribution in [1.29, 1.82) is 0 Å². The number of rotatable bonds is 4. The molecule has 1 aliphatic heterocycles. The second-order valence-electron chi connectivity index (χ2n) is 7.60. The van der Waals surface area contributed by atoms with Gasteiger partial charge in [0.2, 0.25) is 5.89 Å². The van der Waals surface area contributed by atoms with Crippen LogP contribution < -0.4 is 0 Å². The molecule has 3 heterocycles. The number of piperidine rings is 1. The van der Waals surface area contributed by atoms with Crippen molar-refractivity contribution in [2.75, 3.05) is 13.1 Å². The molecule has 0 spiro atoms. The SMILES string of the molecule is Cc1nc(C2CCCN(C(=O)c3cc(C)n(CC4CC4)c3C)C2)no1. The van der Waals surface area contributed by atoms with Gasteiger partial charge in [0.1, 0.15) is 0 Å². The van der Waals surface area contributed by atoms with E-state index in [0.717, 1.165) is 48.9 Å². The van der Waals surface area contributed by atoms with Crippen molar-refractivity contribution in [3.8, 4) is 0 Å². The van der Waals surface area contributed by atoms with E-state index >= 15 is 0 Å². The van der Waals surface area contributed by atoms with E-state index in [9.17, 15) is 4.79 Å². The van der Waals surface area contributed by atoms with Gasteiger partial charge in [-0.3, -0.25) is 4.79 Å². The van der Waals surface area contributed by atoms with Crippen LogP contribution in [0.25, 0.3) is 0 Å². The van der Waals surface area contributed by atoms with Crippen molar-refractivity contribution in [1.82, 2.24) is 19.6 Å². The Kier molecular flexibility index (Phi) is 4.13. The highest BCUT2D eigenvalue weighted by atomic mass is 16.5. The van der Waals surface area contributed by atoms with Crippen LogP contribution in [-0.2, 0) is 6.54 Å². The molecule has 0 N–H and O–H groups in total. The molecular formula is C19H26N4O2. The Labute approximate surface area is 148 Å². The molecule has 1 aliphatic carbocycles. The van der Waals surface area contributed by atoms with Crippen molar-refractivity contribution in [2.45, 2.75) is 58.9 Å². The fourth-order valence-corrected chi connectivity index (χ4v) is 3.88. The Bertz CT molecular complexity index is 787. The Morgan fingerprint density at radius 2 is 2.08 bits per heavy atom. The summed E-state index contributed by atoms with van der Waals surface area (Å²) in [6, 6.07) is 2.06. The molecule has 6 nitrogen and oxygen atoms in total. The minimum absolute atomic E-state index is 0.139. The van der Waals surface area contributed by atoms with Gasteiger partial charge in [0.25, 0.3) is 5.91 Å². The van der Waals surface area contributed by atoms with Crippen LogP contribution in [0.15, 0.2) is 10.6 Å². The molecule has 0 bridgehead atoms. The van der Waals surface area contributed by atoms with E-state index in [1.165, 1.54) is 18.5 Å². The smallest absolute Gasteiger partial charge is 0.255 e. The van der Waals surface area contributed by atoms with E-state index in [1.54, 1.807) is 6.92 Å². The minimum atomic E-state index is 0.139. The summed E-state index contributed by atoms with van der Waals surface area (Å²) in [5.41, 5.74) is 3.14. The lowest BCUT2D eigenvalue weighted by molar-refractivity contribution is 0.0702. The lowest BCUT2D eigenvalue weighted by Crippen LogP contribution is -2.39. The molecule has 1 amide bonds. The van der Waals surface area contributed by atoms with Crippen LogP contribution in [0.3, 0.4) is 0 Å². The van der Waals surface area contributed by atoms with E-state index in [0.29, 0.717) is 12.4 Å². The molecule has 134 valence electrons. The summed E-state index contributed by atoms with van der Waals surface area (Å²) in [6.45, 7) is 8.51. The number of hydrogen-bond acceptors (Lipinski definition) is 4. The van der Waals surface area contributed by atoms with E-state index < -0.39 is 0 Å². The third-order valence-corrected chi connectivity index (χ3v) is 5.56. The lowest BCUT2D eigenvalue weighted by Gasteiger charge is -2.31. The van der Waals surface area contributed by atoms with Crippen LogP contribution >= 0.6 is 0 Å². The molecule has 1 saturated heterocycles. The largest absolute Gasteiger partial charge is 0.348 e. The summed E-state index contributed by atoms with van der Waals surface area (Å²) in [5.74, 6) is 2.43. The van der Waals surface area contributed by atoms with Gasteiger partial charge in [0.05, 0.1) is 5.56 Å². The van der Waals surface area contributed by atoms with E-state index in [4.69, 9.17) is 4.52 Å². The van der Waals surface area contributed by atoms with Gasteiger partial charge in [-0.1, -0.05) is 5.16 Å². The first-order valence-corrected chi connectivity index (χ1v) is 9.29. The minimum Gasteiger partial charge on any atom is -0.348 e. The molecule has 2 fully saturated rings. The van der Waals surface area contributed by atoms with Crippen LogP contribution in [-0.4, -0.2) is 38.6 Å². The highest BCUT2D eigenvalue weighted by Crippen LogP contribution is 2.33. The fraction of sp³-hybridized carbons (Fsp3) is 0.632. The molecule has 0 aromatic carbocycles. The number of carbonyl (C=O) groups excluding carboxylic acids is 1. The predicted octanol–water partition coefficient (Wildman–Crippen LogP) is 3.23. The van der Waals surface area contributed by atoms with Crippen LogP contribution in [0, 0.1) is 26.7 Å². The van der Waals surface area contributed by atoms with Gasteiger partial charge in [0, 0.05) is 43.9 Å². The maximum Gasteiger partial charge on any atom is 0.255 e. The molecule has 6 heteroatoms. The van der Waals surface area contributed by atoms with Crippen LogP contribution in [0.4, 0.5) is 0 Å². The van der Waals surface area contributed by atoms with Gasteiger partial charge < -0.3 is 14.0 Å². The summed E-state index contributed by atoms with van der Waals surface area (Å²) in [6.07, 6.45) is 4.62. The average Bonchev–Trinajstić information content (AvgIpc) is 3.27. The monoisotopic (exact) mass is 342 g/mol. The second kappa shape index (κ2) is 6.32. The molecule has 2 aliphatic rings. The molecule has 2 aromatic rings. The third kappa shape index (κ3) is 3.22. The first-order valence-electron chi connectivity index (χ1n) is 9.29. The van der Waals surface area contributed by atoms with Crippen LogP contribution in [0.2, 0.25) is 0 Å². The molecule has 1 saturated carbocycles. The van der Waals surface area contributed by atoms with Crippen molar-refractivity contribution < 1.29 is 9.32 Å². The molecule has 0 radical (unpaired) electrons. The second-order valence-corrected chi connectivity index (χ2v) is 7.60. The van der Waals surface area contributed by atoms with Gasteiger partial charge >= 0.3 is 0 Å². The average molecular weight is 342 g/mol. The first kappa shape index (κ1) is 16.4. The summed E-state index contributed by atoms with van der Waals surface area (Å²) < 4.78 is 7.43. The number of hydrogen-bond donors (Lipinski definition) is 0. The molecule has 1 atom stereocenters. The Morgan fingerprint density at radius 3 is 2.76 bits per heavy atom. The number of aromatic nitrogens is 3. The quantitative estimate of drug-likeness (QED) is 0.856. The number of amides is 1. The van der Waals surface area contributed by atoms with Gasteiger partial charge in [-0.15, -0.1) is 0 Å². The highest BCUT2D eigenvalue weighted by molar-refractivity contribution is 5.95. The van der Waals surface area contributed by atoms with Crippen LogP contribution in [0.1, 0.15) is 65.1 Å². The van der Waals surface area contributed by atoms with Crippen molar-refractivity contribution in [3.05, 3.63) is 34.7 Å². The third-order valence-electron chi connectivity index (χ3n) is 5.56. The van der Waals surface area contributed by atoms with Gasteiger partial charge in [-0.25, -0.2) is 0 Å². The van der Waals surface area contributed by atoms with Gasteiger partial charge in [0.15, 0.2) is 5.82 Å². The molecular weight excluding hydrogens is 316 g/mol. The summed E-state index contributed by atoms with van der Waals surface area (Å²) in [5, 5.41) is 4.05. The fourth-order valence-electron chi connectivity index (χ4n) is 3.88. The molecule has 25 heavy (non-hydrogen) atoms. The summed E-state index contributed by atoms with van der Waals surface area (Å²) in [7, 11) is 0. The van der Waals surface area contributed by atoms with Gasteiger partial charge in [-0.2, -0.15) is 4.98 Å².